The molecule has 0 aromatic heterocycles. The Kier molecular flexibility index (Phi) is 7.94. The number of rotatable bonds is 10. The van der Waals surface area contributed by atoms with E-state index in [0.29, 0.717) is 12.3 Å². The average Bonchev–Trinajstić information content (AvgIpc) is 3.30. The Labute approximate surface area is 179 Å². The first-order valence-electron chi connectivity index (χ1n) is 10.2. The van der Waals surface area contributed by atoms with Crippen molar-refractivity contribution in [1.29, 1.82) is 0 Å². The maximum atomic E-state index is 12.0. The molecule has 1 aliphatic rings. The molecule has 31 heavy (non-hydrogen) atoms. The summed E-state index contributed by atoms with van der Waals surface area (Å²) in [5.41, 5.74) is 1.00. The molecule has 9 nitrogen and oxygen atoms in total. The predicted octanol–water partition coefficient (Wildman–Crippen LogP) is 2.38. The average molecular weight is 427 g/mol. The van der Waals surface area contributed by atoms with Crippen LogP contribution in [0.1, 0.15) is 24.8 Å². The number of ether oxygens (including phenoxy) is 2. The van der Waals surface area contributed by atoms with Crippen LogP contribution < -0.4 is 20.1 Å². The quantitative estimate of drug-likeness (QED) is 0.258. The summed E-state index contributed by atoms with van der Waals surface area (Å²) in [6.07, 6.45) is 2.69. The molecule has 1 amide bonds. The van der Waals surface area contributed by atoms with Gasteiger partial charge in [0.15, 0.2) is 0 Å². The molecule has 1 fully saturated rings. The van der Waals surface area contributed by atoms with Crippen LogP contribution in [0, 0.1) is 10.1 Å². The van der Waals surface area contributed by atoms with Gasteiger partial charge in [0.25, 0.3) is 5.69 Å². The molecule has 1 heterocycles. The molecule has 0 spiro atoms. The van der Waals surface area contributed by atoms with Gasteiger partial charge in [0.05, 0.1) is 24.0 Å². The molecule has 0 aliphatic carbocycles. The van der Waals surface area contributed by atoms with Crippen molar-refractivity contribution in [3.63, 3.8) is 0 Å². The first kappa shape index (κ1) is 22.2. The van der Waals surface area contributed by atoms with E-state index in [1.54, 1.807) is 0 Å². The zero-order chi connectivity index (χ0) is 22.1. The second-order valence-electron chi connectivity index (χ2n) is 7.16. The summed E-state index contributed by atoms with van der Waals surface area (Å²) in [4.78, 5) is 33.9. The Morgan fingerprint density at radius 3 is 2.45 bits per heavy atom. The lowest BCUT2D eigenvalue weighted by Gasteiger charge is -2.11. The lowest BCUT2D eigenvalue weighted by molar-refractivity contribution is -0.384. The first-order valence-corrected chi connectivity index (χ1v) is 10.2. The molecule has 1 unspecified atom stereocenters. The van der Waals surface area contributed by atoms with Crippen molar-refractivity contribution in [3.05, 3.63) is 64.2 Å². The van der Waals surface area contributed by atoms with Gasteiger partial charge in [-0.15, -0.1) is 0 Å². The van der Waals surface area contributed by atoms with Crippen LogP contribution in [0.15, 0.2) is 48.5 Å². The highest BCUT2D eigenvalue weighted by atomic mass is 16.6. The number of hydrogen-bond acceptors (Lipinski definition) is 7. The molecule has 0 saturated carbocycles. The minimum atomic E-state index is -0.519. The minimum Gasteiger partial charge on any atom is -0.493 e. The summed E-state index contributed by atoms with van der Waals surface area (Å²) in [6.45, 7) is 1.62. The van der Waals surface area contributed by atoms with E-state index < -0.39 is 10.9 Å². The van der Waals surface area contributed by atoms with Gasteiger partial charge in [-0.3, -0.25) is 19.7 Å². The van der Waals surface area contributed by atoms with E-state index in [-0.39, 0.29) is 36.4 Å². The Bertz CT molecular complexity index is 892. The molecule has 1 atom stereocenters. The third kappa shape index (κ3) is 7.07. The number of hydrogen-bond donors (Lipinski definition) is 2. The van der Waals surface area contributed by atoms with Crippen molar-refractivity contribution in [3.8, 4) is 11.5 Å². The van der Waals surface area contributed by atoms with Gasteiger partial charge < -0.3 is 20.1 Å². The van der Waals surface area contributed by atoms with E-state index >= 15 is 0 Å². The molecule has 1 saturated heterocycles. The van der Waals surface area contributed by atoms with Gasteiger partial charge in [0.2, 0.25) is 5.91 Å². The third-order valence-electron chi connectivity index (χ3n) is 4.87. The number of carbonyl (C=O) groups is 2. The van der Waals surface area contributed by atoms with Gasteiger partial charge in [0, 0.05) is 18.7 Å². The van der Waals surface area contributed by atoms with Crippen LogP contribution in [0.25, 0.3) is 0 Å². The van der Waals surface area contributed by atoms with Crippen molar-refractivity contribution in [2.24, 2.45) is 0 Å². The SMILES string of the molecule is O=C(CCOc1ccc(CCNC(=O)C2CCCN2)cc1)Oc1ccc([N+](=O)[O-])cc1. The summed E-state index contributed by atoms with van der Waals surface area (Å²) < 4.78 is 10.7. The van der Waals surface area contributed by atoms with E-state index in [4.69, 9.17) is 9.47 Å². The topological polar surface area (TPSA) is 120 Å². The van der Waals surface area contributed by atoms with Crippen LogP contribution in [0.3, 0.4) is 0 Å². The monoisotopic (exact) mass is 427 g/mol. The zero-order valence-electron chi connectivity index (χ0n) is 17.0. The molecular formula is C22H25N3O6. The highest BCUT2D eigenvalue weighted by Gasteiger charge is 2.21. The fraction of sp³-hybridized carbons (Fsp3) is 0.364. The van der Waals surface area contributed by atoms with Gasteiger partial charge in [0.1, 0.15) is 11.5 Å². The Morgan fingerprint density at radius 1 is 1.10 bits per heavy atom. The van der Waals surface area contributed by atoms with Crippen LogP contribution in [-0.2, 0) is 16.0 Å². The summed E-state index contributed by atoms with van der Waals surface area (Å²) in [6, 6.07) is 12.7. The predicted molar refractivity (Wildman–Crippen MR) is 113 cm³/mol. The van der Waals surface area contributed by atoms with E-state index in [9.17, 15) is 19.7 Å². The number of non-ortho nitro benzene ring substituents is 1. The second kappa shape index (κ2) is 11.1. The number of nitrogens with one attached hydrogen (secondary N) is 2. The molecule has 0 radical (unpaired) electrons. The van der Waals surface area contributed by atoms with Crippen LogP contribution in [-0.4, -0.2) is 42.5 Å². The largest absolute Gasteiger partial charge is 0.493 e. The number of benzene rings is 2. The van der Waals surface area contributed by atoms with E-state index in [0.717, 1.165) is 31.4 Å². The number of carbonyl (C=O) groups excluding carboxylic acids is 2. The summed E-state index contributed by atoms with van der Waals surface area (Å²) in [7, 11) is 0. The lowest BCUT2D eigenvalue weighted by atomic mass is 10.1. The highest BCUT2D eigenvalue weighted by Crippen LogP contribution is 2.18. The molecule has 3 rings (SSSR count). The molecule has 2 aromatic rings. The van der Waals surface area contributed by atoms with Crippen LogP contribution >= 0.6 is 0 Å². The van der Waals surface area contributed by atoms with Crippen molar-refractivity contribution in [2.45, 2.75) is 31.7 Å². The molecule has 2 aromatic carbocycles. The number of nitro groups is 1. The molecule has 0 bridgehead atoms. The number of nitro benzene ring substituents is 1. The molecule has 164 valence electrons. The van der Waals surface area contributed by atoms with E-state index in [1.807, 2.05) is 24.3 Å². The normalized spacial score (nSPS) is 15.3. The Hall–Kier alpha value is -3.46. The van der Waals surface area contributed by atoms with E-state index in [1.165, 1.54) is 24.3 Å². The smallest absolute Gasteiger partial charge is 0.314 e. The van der Waals surface area contributed by atoms with Gasteiger partial charge in [-0.2, -0.15) is 0 Å². The number of amides is 1. The summed E-state index contributed by atoms with van der Waals surface area (Å²) in [5, 5.41) is 16.7. The van der Waals surface area contributed by atoms with E-state index in [2.05, 4.69) is 10.6 Å². The van der Waals surface area contributed by atoms with Crippen LogP contribution in [0.5, 0.6) is 11.5 Å². The summed E-state index contributed by atoms with van der Waals surface area (Å²) >= 11 is 0. The molecular weight excluding hydrogens is 402 g/mol. The van der Waals surface area contributed by atoms with Crippen LogP contribution in [0.2, 0.25) is 0 Å². The number of nitrogens with zero attached hydrogens (tertiary/aromatic N) is 1. The third-order valence-corrected chi connectivity index (χ3v) is 4.87. The second-order valence-corrected chi connectivity index (χ2v) is 7.16. The van der Waals surface area contributed by atoms with Crippen molar-refractivity contribution >= 4 is 17.6 Å². The fourth-order valence-electron chi connectivity index (χ4n) is 3.18. The molecule has 1 aliphatic heterocycles. The maximum Gasteiger partial charge on any atom is 0.314 e. The Balaban J connectivity index is 1.33. The fourth-order valence-corrected chi connectivity index (χ4v) is 3.18. The number of esters is 1. The first-order chi connectivity index (χ1) is 15.0. The highest BCUT2D eigenvalue weighted by molar-refractivity contribution is 5.82. The van der Waals surface area contributed by atoms with Crippen molar-refractivity contribution < 1.29 is 24.0 Å². The summed E-state index contributed by atoms with van der Waals surface area (Å²) in [5.74, 6) is 0.442. The standard InChI is InChI=1S/C22H25N3O6/c26-21(31-19-9-5-17(6-10-19)25(28)29)12-15-30-18-7-3-16(4-8-18)11-14-24-22(27)20-2-1-13-23-20/h3-10,20,23H,1-2,11-15H2,(H,24,27). The van der Waals surface area contributed by atoms with Crippen molar-refractivity contribution in [1.82, 2.24) is 10.6 Å². The van der Waals surface area contributed by atoms with Gasteiger partial charge >= 0.3 is 5.97 Å². The Morgan fingerprint density at radius 2 is 1.81 bits per heavy atom. The maximum absolute atomic E-state index is 12.0. The molecule has 9 heteroatoms. The zero-order valence-corrected chi connectivity index (χ0v) is 17.0. The van der Waals surface area contributed by atoms with Crippen LogP contribution in [0.4, 0.5) is 5.69 Å². The lowest BCUT2D eigenvalue weighted by Crippen LogP contribution is -2.41. The van der Waals surface area contributed by atoms with Gasteiger partial charge in [-0.25, -0.2) is 0 Å². The van der Waals surface area contributed by atoms with Gasteiger partial charge in [-0.1, -0.05) is 12.1 Å². The minimum absolute atomic E-state index is 0.0416. The van der Waals surface area contributed by atoms with Crippen molar-refractivity contribution in [2.75, 3.05) is 19.7 Å². The van der Waals surface area contributed by atoms with Gasteiger partial charge in [-0.05, 0) is 55.6 Å². The molecule has 2 N–H and O–H groups in total.